The quantitative estimate of drug-likeness (QED) is 0.570. The van der Waals surface area contributed by atoms with Gasteiger partial charge in [0.15, 0.2) is 0 Å². The lowest BCUT2D eigenvalue weighted by atomic mass is 10.1. The van der Waals surface area contributed by atoms with Gasteiger partial charge in [0.05, 0.1) is 11.8 Å². The second-order valence-electron chi connectivity index (χ2n) is 5.58. The van der Waals surface area contributed by atoms with E-state index in [4.69, 9.17) is 5.73 Å². The van der Waals surface area contributed by atoms with Gasteiger partial charge in [0.25, 0.3) is 5.56 Å². The lowest BCUT2D eigenvalue weighted by molar-refractivity contribution is -0.167. The first-order chi connectivity index (χ1) is 12.9. The van der Waals surface area contributed by atoms with Crippen LogP contribution in [-0.2, 0) is 11.0 Å². The molecule has 0 aliphatic heterocycles. The van der Waals surface area contributed by atoms with Crippen LogP contribution < -0.4 is 16.6 Å². The molecule has 148 valence electrons. The largest absolute Gasteiger partial charge is 0.471 e. The minimum Gasteiger partial charge on any atom is -0.383 e. The summed E-state index contributed by atoms with van der Waals surface area (Å²) in [7, 11) is 0. The van der Waals surface area contributed by atoms with Crippen molar-refractivity contribution in [2.24, 2.45) is 0 Å². The number of anilines is 2. The van der Waals surface area contributed by atoms with Crippen molar-refractivity contribution in [3.05, 3.63) is 46.5 Å². The van der Waals surface area contributed by atoms with Gasteiger partial charge < -0.3 is 16.0 Å². The van der Waals surface area contributed by atoms with E-state index in [2.05, 4.69) is 9.97 Å². The van der Waals surface area contributed by atoms with Crippen molar-refractivity contribution in [2.75, 3.05) is 11.1 Å². The molecule has 4 N–H and O–H groups in total. The zero-order valence-electron chi connectivity index (χ0n) is 13.4. The van der Waals surface area contributed by atoms with Gasteiger partial charge in [-0.3, -0.25) is 14.0 Å². The fraction of sp³-hybridized carbons (Fsp3) is 0.133. The Morgan fingerprint density at radius 1 is 1.18 bits per heavy atom. The minimum atomic E-state index is -5.14. The summed E-state index contributed by atoms with van der Waals surface area (Å²) in [4.78, 5) is 29.3. The Bertz CT molecular complexity index is 1130. The van der Waals surface area contributed by atoms with Gasteiger partial charge in [-0.05, 0) is 18.2 Å². The number of nitrogens with zero attached hydrogens (tertiary/aromatic N) is 2. The van der Waals surface area contributed by atoms with E-state index in [1.807, 2.05) is 0 Å². The number of pyridine rings is 2. The summed E-state index contributed by atoms with van der Waals surface area (Å²) < 4.78 is 76.7. The summed E-state index contributed by atoms with van der Waals surface area (Å²) in [5.41, 5.74) is 2.74. The highest BCUT2D eigenvalue weighted by Gasteiger charge is 2.39. The smallest absolute Gasteiger partial charge is 0.383 e. The van der Waals surface area contributed by atoms with Crippen LogP contribution in [0.25, 0.3) is 16.8 Å². The van der Waals surface area contributed by atoms with Crippen LogP contribution in [0.15, 0.2) is 35.4 Å². The Morgan fingerprint density at radius 3 is 2.46 bits per heavy atom. The molecule has 0 atom stereocenters. The number of nitrogens with one attached hydrogen (secondary N) is 2. The van der Waals surface area contributed by atoms with E-state index in [1.165, 1.54) is 11.4 Å². The molecule has 0 spiro atoms. The molecule has 0 fully saturated rings. The summed E-state index contributed by atoms with van der Waals surface area (Å²) in [6.07, 6.45) is -8.10. The lowest BCUT2D eigenvalue weighted by Gasteiger charge is -2.10. The van der Waals surface area contributed by atoms with Crippen LogP contribution in [0.2, 0.25) is 0 Å². The maximum atomic E-state index is 13.0. The summed E-state index contributed by atoms with van der Waals surface area (Å²) in [5.74, 6) is -3.45. The molecule has 3 heterocycles. The van der Waals surface area contributed by atoms with Crippen LogP contribution in [0.1, 0.15) is 5.56 Å². The first-order valence-electron chi connectivity index (χ1n) is 7.33. The third kappa shape index (κ3) is 3.50. The van der Waals surface area contributed by atoms with Crippen molar-refractivity contribution in [1.82, 2.24) is 14.4 Å². The molecule has 0 radical (unpaired) electrons. The van der Waals surface area contributed by atoms with Gasteiger partial charge in [-0.1, -0.05) is 0 Å². The molecule has 3 rings (SSSR count). The van der Waals surface area contributed by atoms with E-state index in [1.54, 1.807) is 0 Å². The Balaban J connectivity index is 2.07. The number of fused-ring (bicyclic) bond motifs is 1. The number of hydrogen-bond donors (Lipinski definition) is 3. The number of nitrogens with two attached hydrogens (primary N) is 1. The number of carbonyl (C=O) groups is 1. The molecular weight excluding hydrogens is 396 g/mol. The maximum Gasteiger partial charge on any atom is 0.471 e. The molecule has 3 aromatic heterocycles. The van der Waals surface area contributed by atoms with Crippen LogP contribution >= 0.6 is 0 Å². The van der Waals surface area contributed by atoms with E-state index < -0.39 is 41.0 Å². The second-order valence-corrected chi connectivity index (χ2v) is 5.58. The van der Waals surface area contributed by atoms with Gasteiger partial charge in [-0.25, -0.2) is 4.98 Å². The van der Waals surface area contributed by atoms with Gasteiger partial charge in [-0.15, -0.1) is 0 Å². The Morgan fingerprint density at radius 2 is 1.86 bits per heavy atom. The average Bonchev–Trinajstić information content (AvgIpc) is 2.97. The average molecular weight is 405 g/mol. The molecule has 3 aromatic rings. The number of aromatic amines is 1. The highest BCUT2D eigenvalue weighted by molar-refractivity contribution is 5.94. The Hall–Kier alpha value is -3.51. The Labute approximate surface area is 150 Å². The van der Waals surface area contributed by atoms with Gasteiger partial charge in [0.1, 0.15) is 17.3 Å². The Kier molecular flexibility index (Phi) is 4.32. The highest BCUT2D eigenvalue weighted by Crippen LogP contribution is 2.34. The number of nitrogen functional groups attached to an aromatic ring is 1. The van der Waals surface area contributed by atoms with Gasteiger partial charge >= 0.3 is 18.3 Å². The first kappa shape index (κ1) is 19.3. The monoisotopic (exact) mass is 405 g/mol. The van der Waals surface area contributed by atoms with Gasteiger partial charge in [0, 0.05) is 17.3 Å². The number of H-pyrrole nitrogens is 1. The number of amides is 1. The molecule has 28 heavy (non-hydrogen) atoms. The van der Waals surface area contributed by atoms with E-state index in [9.17, 15) is 35.9 Å². The number of halogens is 6. The predicted molar refractivity (Wildman–Crippen MR) is 85.3 cm³/mol. The van der Waals surface area contributed by atoms with Crippen molar-refractivity contribution in [3.63, 3.8) is 0 Å². The first-order valence-corrected chi connectivity index (χ1v) is 7.33. The van der Waals surface area contributed by atoms with Crippen LogP contribution in [0, 0.1) is 0 Å². The number of rotatable bonds is 2. The van der Waals surface area contributed by atoms with Crippen molar-refractivity contribution >= 4 is 23.2 Å². The molecule has 0 unspecified atom stereocenters. The highest BCUT2D eigenvalue weighted by atomic mass is 19.4. The third-order valence-electron chi connectivity index (χ3n) is 3.68. The van der Waals surface area contributed by atoms with Crippen LogP contribution in [0.5, 0.6) is 0 Å². The zero-order valence-corrected chi connectivity index (χ0v) is 13.4. The summed E-state index contributed by atoms with van der Waals surface area (Å²) >= 11 is 0. The lowest BCUT2D eigenvalue weighted by Crippen LogP contribution is -2.30. The number of hydrogen-bond acceptors (Lipinski definition) is 4. The fourth-order valence-electron chi connectivity index (χ4n) is 2.41. The molecule has 0 saturated heterocycles. The van der Waals surface area contributed by atoms with E-state index in [0.717, 1.165) is 22.9 Å². The number of aromatic nitrogens is 3. The van der Waals surface area contributed by atoms with Crippen LogP contribution in [-0.4, -0.2) is 26.5 Å². The van der Waals surface area contributed by atoms with E-state index in [0.29, 0.717) is 6.07 Å². The summed E-state index contributed by atoms with van der Waals surface area (Å²) in [6, 6.07) is 3.05. The molecule has 13 heteroatoms. The molecule has 0 aliphatic carbocycles. The van der Waals surface area contributed by atoms with Crippen LogP contribution in [0.3, 0.4) is 0 Å². The molecule has 0 saturated carbocycles. The third-order valence-corrected chi connectivity index (χ3v) is 3.68. The second kappa shape index (κ2) is 6.28. The zero-order chi connectivity index (χ0) is 20.9. The van der Waals surface area contributed by atoms with Crippen molar-refractivity contribution < 1.29 is 31.1 Å². The standard InChI is InChI=1S/C15H9F6N5O2/c16-14(17,18)8-3-6(4-23-11(8)22)7-1-2-10-24-9(5-26(10)12(7)27)25-13(28)15(19,20)21/h1-5,24H,(H2,22,23)(H,25,28). The molecule has 0 aromatic carbocycles. The number of imidazole rings is 1. The molecular formula is C15H9F6N5O2. The number of alkyl halides is 6. The van der Waals surface area contributed by atoms with E-state index in [-0.39, 0.29) is 16.8 Å². The van der Waals surface area contributed by atoms with Crippen molar-refractivity contribution in [1.29, 1.82) is 0 Å². The SMILES string of the molecule is Nc1ncc(-c2ccc3[nH]c(NC(=O)C(F)(F)F)cn3c2=O)cc1C(F)(F)F. The van der Waals surface area contributed by atoms with Gasteiger partial charge in [-0.2, -0.15) is 26.3 Å². The molecule has 1 amide bonds. The van der Waals surface area contributed by atoms with Crippen molar-refractivity contribution in [3.8, 4) is 11.1 Å². The molecule has 0 bridgehead atoms. The topological polar surface area (TPSA) is 105 Å². The van der Waals surface area contributed by atoms with Gasteiger partial charge in [0.2, 0.25) is 0 Å². The molecule has 7 nitrogen and oxygen atoms in total. The summed E-state index contributed by atoms with van der Waals surface area (Å²) in [6.45, 7) is 0. The number of carbonyl (C=O) groups excluding carboxylic acids is 1. The predicted octanol–water partition coefficient (Wildman–Crippen LogP) is 2.79. The minimum absolute atomic E-state index is 0.00525. The normalized spacial score (nSPS) is 12.4. The van der Waals surface area contributed by atoms with Crippen molar-refractivity contribution in [2.45, 2.75) is 12.4 Å². The summed E-state index contributed by atoms with van der Waals surface area (Å²) in [5, 5.41) is 1.54. The maximum absolute atomic E-state index is 13.0. The molecule has 0 aliphatic rings. The van der Waals surface area contributed by atoms with Crippen LogP contribution in [0.4, 0.5) is 38.0 Å². The van der Waals surface area contributed by atoms with E-state index >= 15 is 0 Å². The fourth-order valence-corrected chi connectivity index (χ4v) is 2.41.